The highest BCUT2D eigenvalue weighted by Crippen LogP contribution is 2.35. The van der Waals surface area contributed by atoms with E-state index in [1.165, 1.54) is 25.6 Å². The summed E-state index contributed by atoms with van der Waals surface area (Å²) in [6, 6.07) is 2.36. The number of amides is 8. The van der Waals surface area contributed by atoms with Crippen molar-refractivity contribution >= 4 is 76.0 Å². The number of ketones is 2. The molecule has 2 fully saturated rings. The Morgan fingerprint density at radius 3 is 1.96 bits per heavy atom. The Morgan fingerprint density at radius 2 is 1.41 bits per heavy atom. The second-order valence-corrected chi connectivity index (χ2v) is 29.8. The summed E-state index contributed by atoms with van der Waals surface area (Å²) in [4.78, 5) is 149. The standard InChI is InChI=1S/C74H111F4N11O13S/c1-17-43(8)65(87(14)72(97)63(41(4)5)85-70(96)64(42(6)7)86(12)13)55(100-15)38-57(93)89-32-19-22-52(89)66(101-16)45(10)53(90)37-51(71-80-30-34-103-71)69(95)82-39-47-24-26-50(27-25-47)83-68(94)48(21-18-29-81-74(79)99)36-54(91)62(40(2)3)84-56(92)23-20-31-88-33-28-49(35-44(88)9)73(98)102-67-60(77)58(75)46(11)59(76)61(67)78/h24-27,30,34,40-45,48-49,51-52,55,62-66H,17-23,28-29,31-33,35-39H2,1-16H3,(H,82,95)(H,83,94)(H,84,92)(H,85,96)(H3,79,81,99)/t43-,44?,45-,48+,49?,51+,52-,55+,62-,63-,64-,65-,66+/m0/s1. The summed E-state index contributed by atoms with van der Waals surface area (Å²) >= 11 is 1.23. The molecule has 3 aromatic rings. The maximum absolute atomic E-state index is 14.6. The summed E-state index contributed by atoms with van der Waals surface area (Å²) < 4.78 is 74.3. The van der Waals surface area contributed by atoms with Crippen LogP contribution in [0.3, 0.4) is 0 Å². The van der Waals surface area contributed by atoms with Gasteiger partial charge in [0.1, 0.15) is 16.8 Å². The lowest BCUT2D eigenvalue weighted by atomic mass is 9.87. The topological polar surface area (TPSA) is 310 Å². The molecular formula is C74H111F4N11O13S. The summed E-state index contributed by atoms with van der Waals surface area (Å²) in [7, 11) is 8.37. The minimum absolute atomic E-state index is 0.0131. The van der Waals surface area contributed by atoms with Crippen LogP contribution in [0.2, 0.25) is 0 Å². The van der Waals surface area contributed by atoms with E-state index in [0.29, 0.717) is 61.6 Å². The van der Waals surface area contributed by atoms with Gasteiger partial charge in [0.05, 0.1) is 54.6 Å². The van der Waals surface area contributed by atoms with Gasteiger partial charge in [0.15, 0.2) is 17.4 Å². The van der Waals surface area contributed by atoms with Crippen LogP contribution < -0.4 is 37.1 Å². The highest BCUT2D eigenvalue weighted by Gasteiger charge is 2.45. The number of esters is 1. The van der Waals surface area contributed by atoms with Gasteiger partial charge in [-0.3, -0.25) is 48.1 Å². The number of hydrogen-bond acceptors (Lipinski definition) is 17. The van der Waals surface area contributed by atoms with E-state index in [0.717, 1.165) is 6.92 Å². The van der Waals surface area contributed by atoms with E-state index in [1.807, 2.05) is 72.4 Å². The van der Waals surface area contributed by atoms with E-state index in [9.17, 15) is 65.5 Å². The lowest BCUT2D eigenvalue weighted by Gasteiger charge is -2.41. The number of carbonyl (C=O) groups excluding carboxylic acids is 10. The number of benzene rings is 2. The SMILES string of the molecule is CC[C@H](C)[C@@H]([C@@H](CC(=O)N1CCC[C@H]1[C@H](OC)[C@@H](C)C(=O)C[C@H](C(=O)NCc1ccc(NC(=O)[C@H](CCCNC(N)=O)CC(=O)[C@@H](NC(=O)CCCN2CCC(C(=O)Oc3c(F)c(F)c(C)c(F)c3F)CC2C)C(C)C)cc1)c1nccs1)OC)N(C)C(=O)[C@@H](NC(=O)[C@H](C(C)C)N(C)C)C(C)C. The average molecular weight is 1470 g/mol. The molecule has 1 aromatic heterocycles. The summed E-state index contributed by atoms with van der Waals surface area (Å²) in [5.41, 5.74) is 5.44. The zero-order valence-electron chi connectivity index (χ0n) is 62.8. The van der Waals surface area contributed by atoms with Gasteiger partial charge in [-0.05, 0) is 127 Å². The van der Waals surface area contributed by atoms with Crippen molar-refractivity contribution < 1.29 is 79.7 Å². The van der Waals surface area contributed by atoms with Gasteiger partial charge in [0.2, 0.25) is 52.8 Å². The third-order valence-corrected chi connectivity index (χ3v) is 21.1. The number of halogens is 4. The molecule has 0 radical (unpaired) electrons. The predicted molar refractivity (Wildman–Crippen MR) is 383 cm³/mol. The third-order valence-electron chi connectivity index (χ3n) is 20.2. The zero-order valence-corrected chi connectivity index (χ0v) is 63.6. The molecule has 2 aromatic carbocycles. The Morgan fingerprint density at radius 1 is 0.757 bits per heavy atom. The van der Waals surface area contributed by atoms with E-state index >= 15 is 0 Å². The molecule has 2 aliphatic heterocycles. The number of nitrogens with zero attached hydrogens (tertiary/aromatic N) is 5. The van der Waals surface area contributed by atoms with Crippen molar-refractivity contribution in [3.63, 3.8) is 0 Å². The van der Waals surface area contributed by atoms with Crippen molar-refractivity contribution in [3.8, 4) is 5.75 Å². The monoisotopic (exact) mass is 1470 g/mol. The van der Waals surface area contributed by atoms with Gasteiger partial charge in [-0.1, -0.05) is 80.9 Å². The molecule has 103 heavy (non-hydrogen) atoms. The number of primary amides is 1. The number of methoxy groups -OCH3 is 2. The first-order chi connectivity index (χ1) is 48.6. The fourth-order valence-electron chi connectivity index (χ4n) is 14.1. The number of rotatable bonds is 40. The Kier molecular flexibility index (Phi) is 34.1. The number of aromatic nitrogens is 1. The summed E-state index contributed by atoms with van der Waals surface area (Å²) in [5.74, 6) is -16.4. The maximum Gasteiger partial charge on any atom is 0.314 e. The van der Waals surface area contributed by atoms with Crippen molar-refractivity contribution in [1.29, 1.82) is 0 Å². The van der Waals surface area contributed by atoms with Crippen LogP contribution in [-0.2, 0) is 59.2 Å². The molecule has 2 saturated heterocycles. The van der Waals surface area contributed by atoms with Crippen molar-refractivity contribution in [2.45, 2.75) is 214 Å². The Labute approximate surface area is 608 Å². The molecule has 2 aliphatic rings. The van der Waals surface area contributed by atoms with E-state index in [4.69, 9.17) is 19.9 Å². The largest absolute Gasteiger partial charge is 0.420 e. The summed E-state index contributed by atoms with van der Waals surface area (Å²) in [5, 5.41) is 16.3. The van der Waals surface area contributed by atoms with Gasteiger partial charge in [0.25, 0.3) is 0 Å². The van der Waals surface area contributed by atoms with Gasteiger partial charge in [-0.25, -0.2) is 18.6 Å². The Hall–Kier alpha value is -7.47. The van der Waals surface area contributed by atoms with Gasteiger partial charge >= 0.3 is 12.0 Å². The molecule has 574 valence electrons. The number of likely N-dealkylation sites (N-methyl/N-ethyl adjacent to an activating group) is 2. The smallest absolute Gasteiger partial charge is 0.314 e. The number of ether oxygens (including phenoxy) is 3. The zero-order chi connectivity index (χ0) is 76.9. The van der Waals surface area contributed by atoms with E-state index in [1.54, 1.807) is 73.5 Å². The van der Waals surface area contributed by atoms with Crippen LogP contribution in [0.1, 0.15) is 168 Å². The molecule has 0 aliphatic carbocycles. The van der Waals surface area contributed by atoms with Gasteiger partial charge < -0.3 is 61.2 Å². The van der Waals surface area contributed by atoms with E-state index in [-0.39, 0.29) is 118 Å². The molecule has 2 unspecified atom stereocenters. The van der Waals surface area contributed by atoms with E-state index in [2.05, 4.69) is 31.6 Å². The number of urea groups is 1. The molecular weight excluding hydrogens is 1360 g/mol. The molecule has 3 heterocycles. The van der Waals surface area contributed by atoms with Crippen molar-refractivity contribution in [3.05, 3.63) is 75.2 Å². The van der Waals surface area contributed by atoms with Crippen molar-refractivity contribution in [2.75, 3.05) is 66.9 Å². The van der Waals surface area contributed by atoms with Crippen molar-refractivity contribution in [2.24, 2.45) is 47.2 Å². The highest BCUT2D eigenvalue weighted by molar-refractivity contribution is 7.09. The first-order valence-electron chi connectivity index (χ1n) is 35.9. The number of thiazole rings is 1. The quantitative estimate of drug-likeness (QED) is 0.0102. The number of nitrogens with one attached hydrogen (secondary N) is 5. The number of nitrogens with two attached hydrogens (primary N) is 1. The van der Waals surface area contributed by atoms with Gasteiger partial charge in [-0.15, -0.1) is 11.3 Å². The Bertz CT molecular complexity index is 3330. The first kappa shape index (κ1) is 86.2. The molecule has 0 saturated carbocycles. The van der Waals surface area contributed by atoms with Gasteiger partial charge in [0, 0.05) is 101 Å². The number of Topliss-reactive ketones (excluding diaryl/α,β-unsaturated/α-hetero) is 2. The number of carbonyl (C=O) groups is 10. The second kappa shape index (κ2) is 40.7. The van der Waals surface area contributed by atoms with E-state index < -0.39 is 136 Å². The number of piperidine rings is 1. The molecule has 8 amide bonds. The van der Waals surface area contributed by atoms with Crippen LogP contribution in [0.5, 0.6) is 5.75 Å². The normalized spacial score (nSPS) is 18.6. The average Bonchev–Trinajstić information content (AvgIpc) is 1.63. The van der Waals surface area contributed by atoms with Crippen LogP contribution in [0.25, 0.3) is 0 Å². The van der Waals surface area contributed by atoms with Crippen LogP contribution in [0.15, 0.2) is 35.8 Å². The summed E-state index contributed by atoms with van der Waals surface area (Å²) in [6.45, 7) is 21.0. The molecule has 5 rings (SSSR count). The maximum atomic E-state index is 14.6. The van der Waals surface area contributed by atoms with Gasteiger partial charge in [-0.2, -0.15) is 8.78 Å². The number of likely N-dealkylation sites (tertiary alicyclic amines) is 2. The summed E-state index contributed by atoms with van der Waals surface area (Å²) in [6.07, 6.45) is 2.64. The van der Waals surface area contributed by atoms with Crippen LogP contribution >= 0.6 is 11.3 Å². The predicted octanol–water partition coefficient (Wildman–Crippen LogP) is 8.60. The number of hydrogen-bond donors (Lipinski definition) is 6. The van der Waals surface area contributed by atoms with Crippen molar-refractivity contribution in [1.82, 2.24) is 45.9 Å². The highest BCUT2D eigenvalue weighted by atomic mass is 32.1. The first-order valence-corrected chi connectivity index (χ1v) is 36.8. The fourth-order valence-corrected chi connectivity index (χ4v) is 14.9. The molecule has 29 heteroatoms. The minimum Gasteiger partial charge on any atom is -0.420 e. The number of anilines is 1. The molecule has 7 N–H and O–H groups in total. The molecule has 13 atom stereocenters. The third kappa shape index (κ3) is 23.8. The molecule has 0 spiro atoms. The Balaban J connectivity index is 1.17. The fraction of sp³-hybridized carbons (Fsp3) is 0.662. The van der Waals surface area contributed by atoms with Crippen LogP contribution in [0, 0.1) is 71.6 Å². The molecule has 0 bridgehead atoms. The van der Waals surface area contributed by atoms with Crippen LogP contribution in [0.4, 0.5) is 28.0 Å². The lowest BCUT2D eigenvalue weighted by Crippen LogP contribution is -2.59. The van der Waals surface area contributed by atoms with Crippen LogP contribution in [-0.4, -0.2) is 194 Å². The molecule has 24 nitrogen and oxygen atoms in total. The minimum atomic E-state index is -1.80. The second-order valence-electron chi connectivity index (χ2n) is 28.9. The lowest BCUT2D eigenvalue weighted by molar-refractivity contribution is -0.148.